The van der Waals surface area contributed by atoms with Gasteiger partial charge in [-0.05, 0) is 81.5 Å². The molecule has 0 bridgehead atoms. The van der Waals surface area contributed by atoms with Gasteiger partial charge in [-0.1, -0.05) is 20.4 Å². The summed E-state index contributed by atoms with van der Waals surface area (Å²) in [7, 11) is 5.11. The van der Waals surface area contributed by atoms with Crippen molar-refractivity contribution in [2.45, 2.75) is 59.3 Å². The predicted molar refractivity (Wildman–Crippen MR) is 178 cm³/mol. The van der Waals surface area contributed by atoms with Crippen LogP contribution in [-0.2, 0) is 21.4 Å². The first-order chi connectivity index (χ1) is 21.5. The van der Waals surface area contributed by atoms with E-state index in [4.69, 9.17) is 18.9 Å². The number of nitrogens with zero attached hydrogens (tertiary/aromatic N) is 4. The summed E-state index contributed by atoms with van der Waals surface area (Å²) in [6.07, 6.45) is 4.26. The van der Waals surface area contributed by atoms with E-state index in [9.17, 15) is 4.79 Å². The Bertz CT molecular complexity index is 1390. The summed E-state index contributed by atoms with van der Waals surface area (Å²) in [6, 6.07) is 2.11. The first kappa shape index (κ1) is 34.1. The molecule has 4 rings (SSSR count). The number of hydrogen-bond donors (Lipinski definition) is 2. The number of fused-ring (bicyclic) bond motifs is 1. The minimum Gasteiger partial charge on any atom is -0.493 e. The number of carbonyl (C=O) groups excluding carboxylic acids is 1. The highest BCUT2D eigenvalue weighted by atomic mass is 16.5. The van der Waals surface area contributed by atoms with E-state index in [2.05, 4.69) is 77.8 Å². The van der Waals surface area contributed by atoms with Gasteiger partial charge >= 0.3 is 0 Å². The van der Waals surface area contributed by atoms with E-state index >= 15 is 0 Å². The van der Waals surface area contributed by atoms with Crippen molar-refractivity contribution in [1.82, 2.24) is 19.8 Å². The van der Waals surface area contributed by atoms with E-state index < -0.39 is 5.91 Å². The van der Waals surface area contributed by atoms with E-state index in [0.717, 1.165) is 62.4 Å². The molecule has 0 unspecified atom stereocenters. The number of aryl methyl sites for hydroxylation is 1. The number of carbonyl (C=O) groups is 1. The lowest BCUT2D eigenvalue weighted by atomic mass is 9.75. The molecule has 1 saturated heterocycles. The molecule has 2 aliphatic rings. The lowest BCUT2D eigenvalue weighted by molar-refractivity contribution is -0.115. The number of piperazine rings is 1. The molecule has 3 heterocycles. The molecule has 2 aromatic rings. The number of rotatable bonds is 13. The summed E-state index contributed by atoms with van der Waals surface area (Å²) in [5.41, 5.74) is 4.89. The van der Waals surface area contributed by atoms with Crippen molar-refractivity contribution in [3.8, 4) is 17.5 Å². The van der Waals surface area contributed by atoms with Crippen molar-refractivity contribution in [2.75, 3.05) is 77.8 Å². The van der Waals surface area contributed by atoms with Crippen LogP contribution in [0.15, 0.2) is 30.2 Å². The third kappa shape index (κ3) is 8.26. The number of likely N-dealkylation sites (N-methyl/N-ethyl adjacent to an activating group) is 1. The number of anilines is 2. The standard InChI is InChI=1S/C34H50N6O5/c1-10-25(21-26-22(2)20-27-28(23(26)3)34(5,6)12-19-44-27)45-24(4)30(41)36-29-31(42-8)37-33(38-32(29)43-9)35-13-11-14-40-17-15-39(7)16-18-40/h10,20H,4,11-19,21H2,1-3,5-9H3,(H,36,41)(H,35,37,38)/b25-10-. The topological polar surface area (TPSA) is 110 Å². The minimum absolute atomic E-state index is 0.0103. The number of hydrogen-bond acceptors (Lipinski definition) is 10. The molecule has 1 amide bonds. The molecule has 0 aliphatic carbocycles. The highest BCUT2D eigenvalue weighted by molar-refractivity contribution is 6.03. The van der Waals surface area contributed by atoms with Crippen LogP contribution in [0.4, 0.5) is 11.6 Å². The van der Waals surface area contributed by atoms with Crippen LogP contribution in [0.25, 0.3) is 0 Å². The number of allylic oxidation sites excluding steroid dienone is 2. The number of amides is 1. The number of ether oxygens (including phenoxy) is 4. The zero-order valence-corrected chi connectivity index (χ0v) is 28.3. The van der Waals surface area contributed by atoms with Crippen molar-refractivity contribution >= 4 is 17.5 Å². The molecule has 0 atom stereocenters. The Morgan fingerprint density at radius 2 is 1.80 bits per heavy atom. The van der Waals surface area contributed by atoms with Crippen molar-refractivity contribution in [2.24, 2.45) is 0 Å². The SMILES string of the molecule is C=C(O/C(=C\C)Cc1c(C)cc2c(c1C)C(C)(C)CCO2)C(=O)Nc1c(OC)nc(NCCCN2CCN(C)CC2)nc1OC. The van der Waals surface area contributed by atoms with Gasteiger partial charge in [-0.15, -0.1) is 0 Å². The van der Waals surface area contributed by atoms with Crippen LogP contribution in [0.1, 0.15) is 55.9 Å². The molecule has 0 radical (unpaired) electrons. The quantitative estimate of drug-likeness (QED) is 0.183. The van der Waals surface area contributed by atoms with Gasteiger partial charge in [-0.3, -0.25) is 4.79 Å². The summed E-state index contributed by atoms with van der Waals surface area (Å²) in [4.78, 5) is 27.0. The lowest BCUT2D eigenvalue weighted by Crippen LogP contribution is -2.44. The largest absolute Gasteiger partial charge is 0.493 e. The Kier molecular flexibility index (Phi) is 11.3. The summed E-state index contributed by atoms with van der Waals surface area (Å²) in [5, 5.41) is 6.01. The zero-order valence-electron chi connectivity index (χ0n) is 28.3. The molecule has 1 fully saturated rings. The number of nitrogens with one attached hydrogen (secondary N) is 2. The van der Waals surface area contributed by atoms with Crippen molar-refractivity contribution < 1.29 is 23.7 Å². The monoisotopic (exact) mass is 622 g/mol. The van der Waals surface area contributed by atoms with Gasteiger partial charge in [0.05, 0.1) is 20.8 Å². The minimum atomic E-state index is -0.559. The maximum absolute atomic E-state index is 13.3. The molecule has 45 heavy (non-hydrogen) atoms. The third-order valence-corrected chi connectivity index (χ3v) is 8.74. The summed E-state index contributed by atoms with van der Waals surface area (Å²) >= 11 is 0. The highest BCUT2D eigenvalue weighted by Crippen LogP contribution is 2.43. The number of aromatic nitrogens is 2. The maximum Gasteiger partial charge on any atom is 0.291 e. The van der Waals surface area contributed by atoms with E-state index in [1.54, 1.807) is 0 Å². The van der Waals surface area contributed by atoms with Crippen LogP contribution in [0.2, 0.25) is 0 Å². The van der Waals surface area contributed by atoms with Gasteiger partial charge in [0.1, 0.15) is 11.5 Å². The second-order valence-electron chi connectivity index (χ2n) is 12.4. The van der Waals surface area contributed by atoms with Gasteiger partial charge in [0.25, 0.3) is 5.91 Å². The van der Waals surface area contributed by atoms with Crippen LogP contribution in [0, 0.1) is 13.8 Å². The highest BCUT2D eigenvalue weighted by Gasteiger charge is 2.32. The van der Waals surface area contributed by atoms with Crippen molar-refractivity contribution in [1.29, 1.82) is 0 Å². The number of benzene rings is 1. The van der Waals surface area contributed by atoms with Crippen LogP contribution in [0.3, 0.4) is 0 Å². The predicted octanol–water partition coefficient (Wildman–Crippen LogP) is 4.84. The first-order valence-electron chi connectivity index (χ1n) is 15.7. The number of methoxy groups -OCH3 is 2. The summed E-state index contributed by atoms with van der Waals surface area (Å²) in [5.74, 6) is 1.62. The lowest BCUT2D eigenvalue weighted by Gasteiger charge is -2.35. The fraction of sp³-hybridized carbons (Fsp3) is 0.559. The van der Waals surface area contributed by atoms with Crippen molar-refractivity contribution in [3.63, 3.8) is 0 Å². The van der Waals surface area contributed by atoms with Gasteiger partial charge in [0, 0.05) is 44.7 Å². The molecular formula is C34H50N6O5. The molecule has 1 aromatic heterocycles. The average Bonchev–Trinajstić information content (AvgIpc) is 3.01. The normalized spacial score (nSPS) is 16.8. The van der Waals surface area contributed by atoms with E-state index in [0.29, 0.717) is 31.3 Å². The molecule has 11 nitrogen and oxygen atoms in total. The Balaban J connectivity index is 1.39. The van der Waals surface area contributed by atoms with Crippen LogP contribution < -0.4 is 24.8 Å². The first-order valence-corrected chi connectivity index (χ1v) is 15.7. The molecule has 1 aromatic carbocycles. The van der Waals surface area contributed by atoms with Crippen LogP contribution in [0.5, 0.6) is 17.5 Å². The molecule has 2 aliphatic heterocycles. The van der Waals surface area contributed by atoms with E-state index in [1.165, 1.54) is 25.3 Å². The molecule has 2 N–H and O–H groups in total. The molecule has 11 heteroatoms. The fourth-order valence-electron chi connectivity index (χ4n) is 5.99. The van der Waals surface area contributed by atoms with Gasteiger partial charge < -0.3 is 39.4 Å². The summed E-state index contributed by atoms with van der Waals surface area (Å²) in [6.45, 7) is 21.2. The summed E-state index contributed by atoms with van der Waals surface area (Å²) < 4.78 is 23.0. The second kappa shape index (κ2) is 15.0. The second-order valence-corrected chi connectivity index (χ2v) is 12.4. The average molecular weight is 623 g/mol. The Labute approximate surface area is 268 Å². The Hall–Kier alpha value is -3.83. The Morgan fingerprint density at radius 3 is 2.42 bits per heavy atom. The van der Waals surface area contributed by atoms with E-state index in [-0.39, 0.29) is 28.6 Å². The molecule has 0 spiro atoms. The van der Waals surface area contributed by atoms with Gasteiger partial charge in [-0.25, -0.2) is 0 Å². The van der Waals surface area contributed by atoms with Gasteiger partial charge in [-0.2, -0.15) is 9.97 Å². The molecular weight excluding hydrogens is 572 g/mol. The smallest absolute Gasteiger partial charge is 0.291 e. The Morgan fingerprint density at radius 1 is 1.13 bits per heavy atom. The molecule has 0 saturated carbocycles. The maximum atomic E-state index is 13.3. The fourth-order valence-corrected chi connectivity index (χ4v) is 5.99. The van der Waals surface area contributed by atoms with Crippen LogP contribution in [-0.4, -0.2) is 92.8 Å². The van der Waals surface area contributed by atoms with Gasteiger partial charge in [0.2, 0.25) is 17.7 Å². The molecule has 246 valence electrons. The van der Waals surface area contributed by atoms with E-state index in [1.807, 2.05) is 13.0 Å². The van der Waals surface area contributed by atoms with Crippen LogP contribution >= 0.6 is 0 Å². The van der Waals surface area contributed by atoms with Crippen molar-refractivity contribution in [3.05, 3.63) is 52.5 Å². The van der Waals surface area contributed by atoms with Gasteiger partial charge in [0.15, 0.2) is 11.4 Å². The zero-order chi connectivity index (χ0) is 32.7. The third-order valence-electron chi connectivity index (χ3n) is 8.74.